The molecule has 2 aromatic heterocycles. The van der Waals surface area contributed by atoms with Crippen LogP contribution in [0.5, 0.6) is 23.1 Å². The van der Waals surface area contributed by atoms with Crippen LogP contribution in [0, 0.1) is 11.6 Å². The van der Waals surface area contributed by atoms with Gasteiger partial charge in [-0.1, -0.05) is 11.6 Å². The van der Waals surface area contributed by atoms with Crippen LogP contribution in [0.25, 0.3) is 16.9 Å². The lowest BCUT2D eigenvalue weighted by Gasteiger charge is -2.17. The van der Waals surface area contributed by atoms with Crippen molar-refractivity contribution < 1.29 is 37.3 Å². The summed E-state index contributed by atoms with van der Waals surface area (Å²) < 4.78 is 56.6. The zero-order valence-corrected chi connectivity index (χ0v) is 22.5. The number of H-pyrrole nitrogens is 1. The number of aromatic nitrogens is 4. The molecular weight excluding hydrogens is 556 g/mol. The molecule has 12 nitrogen and oxygen atoms in total. The predicted molar refractivity (Wildman–Crippen MR) is 139 cm³/mol. The smallest absolute Gasteiger partial charge is 0.332 e. The molecule has 0 saturated heterocycles. The predicted octanol–water partition coefficient (Wildman–Crippen LogP) is 2.91. The van der Waals surface area contributed by atoms with E-state index >= 15 is 0 Å². The molecule has 0 fully saturated rings. The summed E-state index contributed by atoms with van der Waals surface area (Å²) in [6.45, 7) is -0.875. The van der Waals surface area contributed by atoms with E-state index in [-0.39, 0.29) is 63.0 Å². The number of fused-ring (bicyclic) bond motifs is 1. The highest BCUT2D eigenvalue weighted by atomic mass is 35.5. The first-order valence-corrected chi connectivity index (χ1v) is 12.0. The third-order valence-corrected chi connectivity index (χ3v) is 5.96. The third-order valence-electron chi connectivity index (χ3n) is 5.65. The summed E-state index contributed by atoms with van der Waals surface area (Å²) >= 11 is 6.56. The molecule has 0 unspecified atom stereocenters. The second-order valence-electron chi connectivity index (χ2n) is 8.09. The first-order chi connectivity index (χ1) is 19.2. The number of methoxy groups -OCH3 is 3. The number of ether oxygens (including phenoxy) is 5. The molecule has 212 valence electrons. The number of halogens is 3. The highest BCUT2D eigenvalue weighted by Gasteiger charge is 2.22. The Morgan fingerprint density at radius 1 is 1.05 bits per heavy atom. The van der Waals surface area contributed by atoms with Gasteiger partial charge in [0.25, 0.3) is 5.91 Å². The fourth-order valence-corrected chi connectivity index (χ4v) is 3.99. The maximum Gasteiger partial charge on any atom is 0.332 e. The van der Waals surface area contributed by atoms with Crippen molar-refractivity contribution in [2.75, 3.05) is 35.0 Å². The van der Waals surface area contributed by atoms with Gasteiger partial charge in [-0.15, -0.1) is 0 Å². The fraction of sp³-hybridized carbons (Fsp3) is 0.280. The SMILES string of the molecule is CNC(=O)COc1cc(Cl)c(-n2c(=O)[nH]c3c(OC)nc(COC)nc32)cc1OCc1c(OC)ccc(F)c1F. The first kappa shape index (κ1) is 28.6. The van der Waals surface area contributed by atoms with E-state index in [4.69, 9.17) is 35.3 Å². The lowest BCUT2D eigenvalue weighted by Crippen LogP contribution is -2.25. The number of amides is 1. The average molecular weight is 580 g/mol. The first-order valence-electron chi connectivity index (χ1n) is 11.6. The number of aromatic amines is 1. The molecule has 0 spiro atoms. The molecular formula is C25H24ClF2N5O7. The minimum Gasteiger partial charge on any atom is -0.496 e. The molecule has 0 radical (unpaired) electrons. The largest absolute Gasteiger partial charge is 0.496 e. The highest BCUT2D eigenvalue weighted by molar-refractivity contribution is 6.32. The number of rotatable bonds is 11. The van der Waals surface area contributed by atoms with Gasteiger partial charge in [0.05, 0.1) is 30.5 Å². The quantitative estimate of drug-likeness (QED) is 0.274. The minimum absolute atomic E-state index is 0.00621. The normalized spacial score (nSPS) is 11.0. The molecule has 0 bridgehead atoms. The van der Waals surface area contributed by atoms with Gasteiger partial charge in [-0.3, -0.25) is 9.78 Å². The summed E-state index contributed by atoms with van der Waals surface area (Å²) in [6.07, 6.45) is 0. The number of carbonyl (C=O) groups is 1. The summed E-state index contributed by atoms with van der Waals surface area (Å²) in [5.74, 6) is -2.40. The third kappa shape index (κ3) is 5.62. The van der Waals surface area contributed by atoms with Crippen molar-refractivity contribution in [2.24, 2.45) is 0 Å². The Bertz CT molecular complexity index is 1630. The van der Waals surface area contributed by atoms with Gasteiger partial charge in [0.15, 0.2) is 41.2 Å². The molecule has 4 aromatic rings. The van der Waals surface area contributed by atoms with Gasteiger partial charge in [0.1, 0.15) is 24.5 Å². The van der Waals surface area contributed by atoms with E-state index in [1.165, 1.54) is 46.6 Å². The van der Waals surface area contributed by atoms with Crippen LogP contribution in [-0.2, 0) is 22.7 Å². The molecule has 40 heavy (non-hydrogen) atoms. The van der Waals surface area contributed by atoms with Crippen molar-refractivity contribution in [1.29, 1.82) is 0 Å². The summed E-state index contributed by atoms with van der Waals surface area (Å²) in [5.41, 5.74) is -0.439. The second kappa shape index (κ2) is 12.2. The summed E-state index contributed by atoms with van der Waals surface area (Å²) in [5, 5.41) is 2.43. The molecule has 0 atom stereocenters. The summed E-state index contributed by atoms with van der Waals surface area (Å²) in [7, 11) is 5.56. The van der Waals surface area contributed by atoms with E-state index in [2.05, 4.69) is 20.3 Å². The van der Waals surface area contributed by atoms with Crippen molar-refractivity contribution in [2.45, 2.75) is 13.2 Å². The van der Waals surface area contributed by atoms with Gasteiger partial charge < -0.3 is 29.0 Å². The maximum absolute atomic E-state index is 14.6. The molecule has 2 aromatic carbocycles. The summed E-state index contributed by atoms with van der Waals surface area (Å²) in [6, 6.07) is 4.83. The van der Waals surface area contributed by atoms with Crippen LogP contribution < -0.4 is 30.0 Å². The van der Waals surface area contributed by atoms with Crippen LogP contribution in [-0.4, -0.2) is 60.4 Å². The van der Waals surface area contributed by atoms with Crippen LogP contribution in [0.2, 0.25) is 5.02 Å². The lowest BCUT2D eigenvalue weighted by atomic mass is 10.2. The lowest BCUT2D eigenvalue weighted by molar-refractivity contribution is -0.122. The molecule has 0 aliphatic carbocycles. The zero-order chi connectivity index (χ0) is 29.0. The average Bonchev–Trinajstić information content (AvgIpc) is 3.28. The van der Waals surface area contributed by atoms with Crippen molar-refractivity contribution in [1.82, 2.24) is 24.8 Å². The van der Waals surface area contributed by atoms with Gasteiger partial charge in [0.2, 0.25) is 5.88 Å². The Hall–Kier alpha value is -4.43. The van der Waals surface area contributed by atoms with Crippen molar-refractivity contribution >= 4 is 28.7 Å². The van der Waals surface area contributed by atoms with Crippen LogP contribution in [0.15, 0.2) is 29.1 Å². The van der Waals surface area contributed by atoms with Crippen LogP contribution >= 0.6 is 11.6 Å². The van der Waals surface area contributed by atoms with Gasteiger partial charge in [-0.05, 0) is 12.1 Å². The standard InChI is InChI=1S/C25H24ClF2N5O7/c1-29-20(34)11-40-17-7-13(26)15(8-18(17)39-9-12-16(37-3)6-5-14(27)21(12)28)33-23-22(32-25(33)35)24(38-4)31-19(30-23)10-36-2/h5-8H,9-11H2,1-4H3,(H,29,34)(H,32,35). The monoisotopic (exact) mass is 579 g/mol. The van der Waals surface area contributed by atoms with Crippen molar-refractivity contribution in [3.05, 3.63) is 62.8 Å². The number of benzene rings is 2. The topological polar surface area (TPSA) is 139 Å². The van der Waals surface area contributed by atoms with Crippen molar-refractivity contribution in [3.8, 4) is 28.8 Å². The Morgan fingerprint density at radius 2 is 1.80 bits per heavy atom. The van der Waals surface area contributed by atoms with Gasteiger partial charge in [-0.25, -0.2) is 23.1 Å². The van der Waals surface area contributed by atoms with E-state index in [9.17, 15) is 18.4 Å². The van der Waals surface area contributed by atoms with Crippen LogP contribution in [0.4, 0.5) is 8.78 Å². The minimum atomic E-state index is -1.16. The van der Waals surface area contributed by atoms with Gasteiger partial charge >= 0.3 is 5.69 Å². The Morgan fingerprint density at radius 3 is 2.48 bits per heavy atom. The molecule has 2 N–H and O–H groups in total. The Balaban J connectivity index is 1.86. The number of hydrogen-bond acceptors (Lipinski definition) is 9. The van der Waals surface area contributed by atoms with E-state index in [1.54, 1.807) is 0 Å². The number of carbonyl (C=O) groups excluding carboxylic acids is 1. The number of likely N-dealkylation sites (N-methyl/N-ethyl adjacent to an activating group) is 1. The van der Waals surface area contributed by atoms with Crippen molar-refractivity contribution in [3.63, 3.8) is 0 Å². The van der Waals surface area contributed by atoms with Gasteiger partial charge in [-0.2, -0.15) is 4.98 Å². The van der Waals surface area contributed by atoms with E-state index < -0.39 is 36.4 Å². The molecule has 4 rings (SSSR count). The number of nitrogens with one attached hydrogen (secondary N) is 2. The summed E-state index contributed by atoms with van der Waals surface area (Å²) in [4.78, 5) is 36.1. The van der Waals surface area contributed by atoms with Gasteiger partial charge in [0, 0.05) is 26.3 Å². The zero-order valence-electron chi connectivity index (χ0n) is 21.8. The number of nitrogens with zero attached hydrogens (tertiary/aromatic N) is 3. The molecule has 0 aliphatic rings. The molecule has 0 aliphatic heterocycles. The number of hydrogen-bond donors (Lipinski definition) is 2. The molecule has 15 heteroatoms. The molecule has 2 heterocycles. The second-order valence-corrected chi connectivity index (χ2v) is 8.50. The fourth-order valence-electron chi connectivity index (χ4n) is 3.75. The molecule has 0 saturated carbocycles. The van der Waals surface area contributed by atoms with E-state index in [0.717, 1.165) is 10.6 Å². The Kier molecular flexibility index (Phi) is 8.70. The van der Waals surface area contributed by atoms with E-state index in [1.807, 2.05) is 0 Å². The van der Waals surface area contributed by atoms with Crippen LogP contribution in [0.3, 0.4) is 0 Å². The van der Waals surface area contributed by atoms with E-state index in [0.29, 0.717) is 0 Å². The Labute approximate surface area is 230 Å². The maximum atomic E-state index is 14.6. The molecule has 1 amide bonds. The van der Waals surface area contributed by atoms with Crippen LogP contribution in [0.1, 0.15) is 11.4 Å². The highest BCUT2D eigenvalue weighted by Crippen LogP contribution is 2.37. The number of imidazole rings is 1.